The third-order valence-corrected chi connectivity index (χ3v) is 9.15. The van der Waals surface area contributed by atoms with Gasteiger partial charge in [0.1, 0.15) is 19.2 Å². The molecule has 0 aliphatic heterocycles. The first-order valence-electron chi connectivity index (χ1n) is 15.4. The molecule has 3 heterocycles. The topological polar surface area (TPSA) is 116 Å². The fraction of sp³-hybridized carbons (Fsp3) is 0.471. The normalized spacial score (nSPS) is 20.8. The Hall–Kier alpha value is -3.82. The van der Waals surface area contributed by atoms with Crippen LogP contribution in [-0.2, 0) is 24.7 Å². The quantitative estimate of drug-likeness (QED) is 0.237. The molecule has 228 valence electrons. The Balaban J connectivity index is 1.25. The smallest absolute Gasteiger partial charge is 0.255 e. The Morgan fingerprint density at radius 3 is 2.70 bits per heavy atom. The average molecular weight is 586 g/mol. The highest BCUT2D eigenvalue weighted by Gasteiger charge is 2.54. The van der Waals surface area contributed by atoms with Gasteiger partial charge < -0.3 is 20.1 Å². The van der Waals surface area contributed by atoms with Crippen LogP contribution in [0.15, 0.2) is 60.9 Å². The summed E-state index contributed by atoms with van der Waals surface area (Å²) >= 11 is 0. The van der Waals surface area contributed by atoms with Crippen LogP contribution in [0.25, 0.3) is 22.2 Å². The van der Waals surface area contributed by atoms with E-state index in [2.05, 4.69) is 35.2 Å². The number of benzene rings is 1. The summed E-state index contributed by atoms with van der Waals surface area (Å²) in [4.78, 5) is 22.3. The van der Waals surface area contributed by atoms with Crippen molar-refractivity contribution >= 4 is 16.7 Å². The van der Waals surface area contributed by atoms with E-state index >= 15 is 0 Å². The summed E-state index contributed by atoms with van der Waals surface area (Å²) in [7, 11) is 5.99. The zero-order chi connectivity index (χ0) is 30.6. The number of quaternary nitrogens is 1. The van der Waals surface area contributed by atoms with Crippen LogP contribution in [0.3, 0.4) is 0 Å². The minimum absolute atomic E-state index is 0.121. The van der Waals surface area contributed by atoms with Gasteiger partial charge in [-0.1, -0.05) is 37.6 Å². The van der Waals surface area contributed by atoms with Crippen molar-refractivity contribution in [2.45, 2.75) is 63.5 Å². The van der Waals surface area contributed by atoms with Gasteiger partial charge in [0, 0.05) is 36.9 Å². The molecule has 1 aliphatic carbocycles. The van der Waals surface area contributed by atoms with Crippen LogP contribution in [0, 0.1) is 5.92 Å². The number of ether oxygens (including phenoxy) is 1. The second-order valence-corrected chi connectivity index (χ2v) is 12.6. The van der Waals surface area contributed by atoms with E-state index in [1.165, 1.54) is 0 Å². The van der Waals surface area contributed by atoms with Crippen LogP contribution in [0.1, 0.15) is 50.3 Å². The number of aliphatic hydroxyl groups is 1. The monoisotopic (exact) mass is 585 g/mol. The first kappa shape index (κ1) is 30.6. The summed E-state index contributed by atoms with van der Waals surface area (Å²) in [6.07, 6.45) is 9.36. The maximum atomic E-state index is 12.8. The second kappa shape index (κ2) is 12.8. The summed E-state index contributed by atoms with van der Waals surface area (Å²) in [5, 5.41) is 18.1. The summed E-state index contributed by atoms with van der Waals surface area (Å²) in [6, 6.07) is 16.0. The lowest BCUT2D eigenvalue weighted by atomic mass is 9.71. The molecule has 0 spiro atoms. The van der Waals surface area contributed by atoms with E-state index in [-0.39, 0.29) is 12.0 Å². The number of amides is 1. The molecule has 3 aromatic heterocycles. The average Bonchev–Trinajstić information content (AvgIpc) is 3.42. The van der Waals surface area contributed by atoms with Crippen molar-refractivity contribution < 1.29 is 19.1 Å². The number of carbonyl (C=O) groups is 1. The number of fused-ring (bicyclic) bond motifs is 1. The van der Waals surface area contributed by atoms with Gasteiger partial charge in [0.2, 0.25) is 5.88 Å². The van der Waals surface area contributed by atoms with E-state index in [9.17, 15) is 9.90 Å². The van der Waals surface area contributed by atoms with Crippen molar-refractivity contribution in [3.05, 3.63) is 72.2 Å². The lowest BCUT2D eigenvalue weighted by Gasteiger charge is -2.49. The molecule has 1 saturated carbocycles. The van der Waals surface area contributed by atoms with Gasteiger partial charge in [0.15, 0.2) is 5.60 Å². The summed E-state index contributed by atoms with van der Waals surface area (Å²) in [5.74, 6) is 0.104. The van der Waals surface area contributed by atoms with E-state index in [1.807, 2.05) is 57.7 Å². The van der Waals surface area contributed by atoms with Crippen LogP contribution in [-0.4, -0.2) is 74.1 Å². The number of nitrogens with two attached hydrogens (primary N) is 1. The molecule has 0 bridgehead atoms. The van der Waals surface area contributed by atoms with Crippen LogP contribution >= 0.6 is 0 Å². The van der Waals surface area contributed by atoms with E-state index in [1.54, 1.807) is 10.9 Å². The molecule has 43 heavy (non-hydrogen) atoms. The van der Waals surface area contributed by atoms with E-state index < -0.39 is 11.5 Å². The predicted molar refractivity (Wildman–Crippen MR) is 168 cm³/mol. The summed E-state index contributed by atoms with van der Waals surface area (Å²) in [5.41, 5.74) is 8.22. The first-order chi connectivity index (χ1) is 20.6. The molecule has 0 radical (unpaired) electrons. The zero-order valence-corrected chi connectivity index (χ0v) is 25.9. The lowest BCUT2D eigenvalue weighted by molar-refractivity contribution is -0.922. The molecule has 0 saturated heterocycles. The SMILES string of the molecule is CCCCc1cc2ccccc2c(OCC[N+](C)(C)[C@H]2CCC(Cc3ccc(-c4ccnn4C)nc3)C[C@@]2(O)C(N)=O)n1. The maximum Gasteiger partial charge on any atom is 0.255 e. The third kappa shape index (κ3) is 6.73. The molecule has 9 heteroatoms. The van der Waals surface area contributed by atoms with Gasteiger partial charge in [-0.25, -0.2) is 4.98 Å². The number of primary amides is 1. The van der Waals surface area contributed by atoms with Gasteiger partial charge in [-0.15, -0.1) is 0 Å². The number of unbranched alkanes of at least 4 members (excludes halogenated alkanes) is 1. The summed E-state index contributed by atoms with van der Waals surface area (Å²) < 4.78 is 8.52. The van der Waals surface area contributed by atoms with Crippen LogP contribution in [0.4, 0.5) is 0 Å². The first-order valence-corrected chi connectivity index (χ1v) is 15.4. The Labute approximate surface area is 254 Å². The second-order valence-electron chi connectivity index (χ2n) is 12.6. The molecule has 4 aromatic rings. The van der Waals surface area contributed by atoms with E-state index in [4.69, 9.17) is 15.5 Å². The van der Waals surface area contributed by atoms with Gasteiger partial charge in [-0.3, -0.25) is 14.5 Å². The van der Waals surface area contributed by atoms with Crippen molar-refractivity contribution in [2.75, 3.05) is 27.2 Å². The fourth-order valence-electron chi connectivity index (χ4n) is 6.68. The Bertz CT molecular complexity index is 1550. The largest absolute Gasteiger partial charge is 0.471 e. The molecular weight excluding hydrogens is 540 g/mol. The van der Waals surface area contributed by atoms with Crippen molar-refractivity contribution in [1.29, 1.82) is 0 Å². The number of likely N-dealkylation sites (N-methyl/N-ethyl adjacent to an activating group) is 1. The van der Waals surface area contributed by atoms with Crippen LogP contribution in [0.2, 0.25) is 0 Å². The molecule has 1 amide bonds. The number of aryl methyl sites for hydroxylation is 2. The van der Waals surface area contributed by atoms with Crippen LogP contribution in [0.5, 0.6) is 5.88 Å². The zero-order valence-electron chi connectivity index (χ0n) is 25.9. The maximum absolute atomic E-state index is 12.8. The number of carbonyl (C=O) groups excluding carboxylic acids is 1. The Morgan fingerprint density at radius 2 is 2.00 bits per heavy atom. The number of hydrogen-bond donors (Lipinski definition) is 2. The molecule has 3 atom stereocenters. The van der Waals surface area contributed by atoms with Gasteiger partial charge >= 0.3 is 0 Å². The minimum Gasteiger partial charge on any atom is -0.471 e. The third-order valence-electron chi connectivity index (χ3n) is 9.15. The molecule has 1 aliphatic rings. The molecule has 5 rings (SSSR count). The molecule has 1 fully saturated rings. The molecular formula is C34H45N6O3+. The number of pyridine rings is 2. The van der Waals surface area contributed by atoms with Gasteiger partial charge in [0.05, 0.1) is 25.5 Å². The molecule has 1 aromatic carbocycles. The van der Waals surface area contributed by atoms with Gasteiger partial charge in [-0.05, 0) is 73.2 Å². The number of hydrogen-bond acceptors (Lipinski definition) is 6. The number of rotatable bonds is 12. The van der Waals surface area contributed by atoms with Crippen molar-refractivity contribution in [3.8, 4) is 17.3 Å². The Morgan fingerprint density at radius 1 is 1.19 bits per heavy atom. The highest BCUT2D eigenvalue weighted by molar-refractivity contribution is 5.87. The fourth-order valence-corrected chi connectivity index (χ4v) is 6.68. The Kier molecular flexibility index (Phi) is 9.13. The number of nitrogens with zero attached hydrogens (tertiary/aromatic N) is 5. The van der Waals surface area contributed by atoms with Crippen LogP contribution < -0.4 is 10.5 Å². The molecule has 1 unspecified atom stereocenters. The van der Waals surface area contributed by atoms with E-state index in [0.717, 1.165) is 65.5 Å². The highest BCUT2D eigenvalue weighted by Crippen LogP contribution is 2.39. The minimum atomic E-state index is -1.61. The standard InChI is InChI=1S/C34H44N6O3/c1-5-6-10-27-21-26-9-7-8-11-28(26)32(38-27)43-19-18-40(3,4)31-15-13-24(22-34(31,42)33(35)41)20-25-12-14-29(36-23-25)30-16-17-37-39(30)2/h7-9,11-12,14,16-17,21,23-24,31,42H,5-6,10,13,15,18-20,22H2,1-4H3,(H-,35,41)/p+1/t24?,31-,34-/m0/s1. The summed E-state index contributed by atoms with van der Waals surface area (Å²) in [6.45, 7) is 3.18. The molecule has 3 N–H and O–H groups in total. The highest BCUT2D eigenvalue weighted by atomic mass is 16.5. The predicted octanol–water partition coefficient (Wildman–Crippen LogP) is 4.46. The van der Waals surface area contributed by atoms with Gasteiger partial charge in [0.25, 0.3) is 5.91 Å². The number of aromatic nitrogens is 4. The molecule has 9 nitrogen and oxygen atoms in total. The lowest BCUT2D eigenvalue weighted by Crippen LogP contribution is -2.68. The van der Waals surface area contributed by atoms with Crippen molar-refractivity contribution in [3.63, 3.8) is 0 Å². The van der Waals surface area contributed by atoms with E-state index in [0.29, 0.717) is 36.4 Å². The van der Waals surface area contributed by atoms with Gasteiger partial charge in [-0.2, -0.15) is 5.10 Å². The van der Waals surface area contributed by atoms with Crippen molar-refractivity contribution in [1.82, 2.24) is 19.7 Å². The van der Waals surface area contributed by atoms with Crippen molar-refractivity contribution in [2.24, 2.45) is 18.7 Å².